The lowest BCUT2D eigenvalue weighted by atomic mass is 10.1. The Labute approximate surface area is 125 Å². The van der Waals surface area contributed by atoms with E-state index in [-0.39, 0.29) is 24.5 Å². The summed E-state index contributed by atoms with van der Waals surface area (Å²) in [4.78, 5) is 11.9. The van der Waals surface area contributed by atoms with Gasteiger partial charge < -0.3 is 15.0 Å². The van der Waals surface area contributed by atoms with Crippen LogP contribution < -0.4 is 5.32 Å². The van der Waals surface area contributed by atoms with Crippen LogP contribution in [0.3, 0.4) is 0 Å². The summed E-state index contributed by atoms with van der Waals surface area (Å²) in [5, 5.41) is 13.1. The van der Waals surface area contributed by atoms with Crippen molar-refractivity contribution >= 4 is 22.9 Å². The Hall–Kier alpha value is -2.07. The van der Waals surface area contributed by atoms with Crippen molar-refractivity contribution in [3.05, 3.63) is 42.1 Å². The van der Waals surface area contributed by atoms with Crippen LogP contribution in [0.1, 0.15) is 19.4 Å². The lowest BCUT2D eigenvalue weighted by Gasteiger charge is -2.17. The Morgan fingerprint density at radius 2 is 2.10 bits per heavy atom. The van der Waals surface area contributed by atoms with Crippen molar-refractivity contribution in [2.24, 2.45) is 13.0 Å². The van der Waals surface area contributed by atoms with E-state index in [0.29, 0.717) is 0 Å². The summed E-state index contributed by atoms with van der Waals surface area (Å²) in [6, 6.07) is 8.03. The highest BCUT2D eigenvalue weighted by molar-refractivity contribution is 5.96. The van der Waals surface area contributed by atoms with E-state index in [4.69, 9.17) is 5.11 Å². The average Bonchev–Trinajstić information content (AvgIpc) is 2.81. The normalized spacial score (nSPS) is 14.5. The number of nitrogens with zero attached hydrogens (tertiary/aromatic N) is 1. The largest absolute Gasteiger partial charge is 0.396 e. The van der Waals surface area contributed by atoms with Gasteiger partial charge in [-0.05, 0) is 25.0 Å². The molecule has 0 fully saturated rings. The van der Waals surface area contributed by atoms with Gasteiger partial charge in [0.05, 0.1) is 0 Å². The highest BCUT2D eigenvalue weighted by Crippen LogP contribution is 2.21. The van der Waals surface area contributed by atoms with Crippen LogP contribution in [-0.2, 0) is 11.8 Å². The van der Waals surface area contributed by atoms with Gasteiger partial charge in [0.2, 0.25) is 5.91 Å². The number of aliphatic hydroxyl groups is 1. The second-order valence-electron chi connectivity index (χ2n) is 5.50. The predicted octanol–water partition coefficient (Wildman–Crippen LogP) is 2.32. The van der Waals surface area contributed by atoms with Crippen LogP contribution in [0.15, 0.2) is 36.5 Å². The summed E-state index contributed by atoms with van der Waals surface area (Å²) in [5.74, 6) is -0.101. The minimum absolute atomic E-state index is 0.0416. The Morgan fingerprint density at radius 1 is 1.38 bits per heavy atom. The van der Waals surface area contributed by atoms with Gasteiger partial charge in [-0.25, -0.2) is 0 Å². The summed E-state index contributed by atoms with van der Waals surface area (Å²) in [5.41, 5.74) is 2.16. The van der Waals surface area contributed by atoms with E-state index in [1.165, 1.54) is 0 Å². The number of aromatic nitrogens is 1. The molecule has 0 aliphatic rings. The van der Waals surface area contributed by atoms with Crippen LogP contribution in [0.2, 0.25) is 0 Å². The van der Waals surface area contributed by atoms with Crippen LogP contribution in [0.25, 0.3) is 17.0 Å². The summed E-state index contributed by atoms with van der Waals surface area (Å²) in [6.07, 6.45) is 5.38. The summed E-state index contributed by atoms with van der Waals surface area (Å²) in [6.45, 7) is 3.86. The van der Waals surface area contributed by atoms with E-state index in [9.17, 15) is 4.79 Å². The molecule has 4 nitrogen and oxygen atoms in total. The molecule has 4 heteroatoms. The van der Waals surface area contributed by atoms with Crippen molar-refractivity contribution in [1.82, 2.24) is 9.88 Å². The molecular formula is C17H22N2O2. The molecule has 0 bridgehead atoms. The molecule has 2 N–H and O–H groups in total. The number of nitrogens with one attached hydrogen (secondary N) is 1. The first-order valence-corrected chi connectivity index (χ1v) is 7.16. The minimum Gasteiger partial charge on any atom is -0.396 e. The number of hydrogen-bond donors (Lipinski definition) is 2. The van der Waals surface area contributed by atoms with Gasteiger partial charge in [0.15, 0.2) is 0 Å². The average molecular weight is 286 g/mol. The highest BCUT2D eigenvalue weighted by Gasteiger charge is 2.12. The molecule has 1 aromatic carbocycles. The molecule has 112 valence electrons. The third-order valence-electron chi connectivity index (χ3n) is 3.85. The van der Waals surface area contributed by atoms with Crippen molar-refractivity contribution in [2.45, 2.75) is 19.9 Å². The zero-order valence-electron chi connectivity index (χ0n) is 12.7. The number of carbonyl (C=O) groups excluding carboxylic acids is 1. The standard InChI is InChI=1S/C17H22N2O2/c1-12(11-20)13(2)18-17(21)9-8-14-10-19(3)16-7-5-4-6-15(14)16/h4-10,12-13,20H,11H2,1-3H3,(H,18,21)/b9-8+. The van der Waals surface area contributed by atoms with Crippen LogP contribution >= 0.6 is 0 Å². The highest BCUT2D eigenvalue weighted by atomic mass is 16.3. The fourth-order valence-corrected chi connectivity index (χ4v) is 2.24. The van der Waals surface area contributed by atoms with Crippen molar-refractivity contribution in [1.29, 1.82) is 0 Å². The zero-order chi connectivity index (χ0) is 15.4. The Bertz CT molecular complexity index is 658. The van der Waals surface area contributed by atoms with Gasteiger partial charge in [0.25, 0.3) is 0 Å². The van der Waals surface area contributed by atoms with Crippen LogP contribution in [0, 0.1) is 5.92 Å². The number of rotatable bonds is 5. The second-order valence-corrected chi connectivity index (χ2v) is 5.50. The maximum absolute atomic E-state index is 11.9. The summed E-state index contributed by atoms with van der Waals surface area (Å²) >= 11 is 0. The maximum atomic E-state index is 11.9. The first-order valence-electron chi connectivity index (χ1n) is 7.16. The van der Waals surface area contributed by atoms with Gasteiger partial charge in [0, 0.05) is 48.4 Å². The van der Waals surface area contributed by atoms with Gasteiger partial charge in [-0.1, -0.05) is 25.1 Å². The molecule has 2 aromatic rings. The SMILES string of the molecule is CC(CO)C(C)NC(=O)/C=C/c1cn(C)c2ccccc12. The van der Waals surface area contributed by atoms with E-state index < -0.39 is 0 Å². The van der Waals surface area contributed by atoms with E-state index in [1.54, 1.807) is 6.08 Å². The quantitative estimate of drug-likeness (QED) is 0.829. The third kappa shape index (κ3) is 3.52. The fourth-order valence-electron chi connectivity index (χ4n) is 2.24. The molecule has 2 atom stereocenters. The van der Waals surface area contributed by atoms with E-state index in [2.05, 4.69) is 11.4 Å². The molecule has 2 unspecified atom stereocenters. The van der Waals surface area contributed by atoms with Crippen molar-refractivity contribution in [3.63, 3.8) is 0 Å². The zero-order valence-corrected chi connectivity index (χ0v) is 12.7. The molecule has 1 amide bonds. The lowest BCUT2D eigenvalue weighted by molar-refractivity contribution is -0.117. The summed E-state index contributed by atoms with van der Waals surface area (Å²) < 4.78 is 2.05. The third-order valence-corrected chi connectivity index (χ3v) is 3.85. The molecule has 1 aromatic heterocycles. The molecule has 0 aliphatic carbocycles. The fraction of sp³-hybridized carbons (Fsp3) is 0.353. The topological polar surface area (TPSA) is 54.3 Å². The monoisotopic (exact) mass is 286 g/mol. The Kier molecular flexibility index (Phi) is 4.81. The summed E-state index contributed by atoms with van der Waals surface area (Å²) in [7, 11) is 1.99. The van der Waals surface area contributed by atoms with Gasteiger partial charge in [-0.15, -0.1) is 0 Å². The van der Waals surface area contributed by atoms with Crippen molar-refractivity contribution in [2.75, 3.05) is 6.61 Å². The molecule has 2 rings (SSSR count). The van der Waals surface area contributed by atoms with Crippen molar-refractivity contribution in [3.8, 4) is 0 Å². The molecule has 1 heterocycles. The Morgan fingerprint density at radius 3 is 2.81 bits per heavy atom. The van der Waals surface area contributed by atoms with Crippen molar-refractivity contribution < 1.29 is 9.90 Å². The van der Waals surface area contributed by atoms with Gasteiger partial charge in [-0.2, -0.15) is 0 Å². The number of hydrogen-bond acceptors (Lipinski definition) is 2. The number of benzene rings is 1. The Balaban J connectivity index is 2.11. The molecule has 0 spiro atoms. The van der Waals surface area contributed by atoms with Gasteiger partial charge in [0.1, 0.15) is 0 Å². The van der Waals surface area contributed by atoms with Crippen LogP contribution in [0.5, 0.6) is 0 Å². The first kappa shape index (κ1) is 15.3. The van der Waals surface area contributed by atoms with E-state index >= 15 is 0 Å². The van der Waals surface area contributed by atoms with Crippen LogP contribution in [-0.4, -0.2) is 28.2 Å². The second kappa shape index (κ2) is 6.59. The number of fused-ring (bicyclic) bond motifs is 1. The number of para-hydroxylation sites is 1. The van der Waals surface area contributed by atoms with Crippen LogP contribution in [0.4, 0.5) is 0 Å². The number of carbonyl (C=O) groups is 1. The lowest BCUT2D eigenvalue weighted by Crippen LogP contribution is -2.37. The molecule has 0 aliphatic heterocycles. The molecule has 0 radical (unpaired) electrons. The molecule has 21 heavy (non-hydrogen) atoms. The number of amides is 1. The van der Waals surface area contributed by atoms with E-state index in [1.807, 2.05) is 55.9 Å². The first-order chi connectivity index (χ1) is 10.0. The molecule has 0 saturated heterocycles. The number of aliphatic hydroxyl groups excluding tert-OH is 1. The molecular weight excluding hydrogens is 264 g/mol. The van der Waals surface area contributed by atoms with Gasteiger partial charge >= 0.3 is 0 Å². The van der Waals surface area contributed by atoms with E-state index in [0.717, 1.165) is 16.5 Å². The molecule has 0 saturated carbocycles. The predicted molar refractivity (Wildman–Crippen MR) is 85.8 cm³/mol. The van der Waals surface area contributed by atoms with Gasteiger partial charge in [-0.3, -0.25) is 4.79 Å². The minimum atomic E-state index is -0.143. The maximum Gasteiger partial charge on any atom is 0.244 e. The number of aryl methyl sites for hydroxylation is 1. The smallest absolute Gasteiger partial charge is 0.244 e.